The van der Waals surface area contributed by atoms with Crippen LogP contribution in [0.4, 0.5) is 14.7 Å². The lowest BCUT2D eigenvalue weighted by Crippen LogP contribution is -2.30. The van der Waals surface area contributed by atoms with Crippen LogP contribution in [0.2, 0.25) is 0 Å². The van der Waals surface area contributed by atoms with Gasteiger partial charge in [0.25, 0.3) is 5.56 Å². The third kappa shape index (κ3) is 5.02. The Bertz CT molecular complexity index is 1500. The van der Waals surface area contributed by atoms with Crippen molar-refractivity contribution in [3.63, 3.8) is 0 Å². The molecule has 4 aromatic rings. The summed E-state index contributed by atoms with van der Waals surface area (Å²) in [6.45, 7) is 0.112. The second-order valence-corrected chi connectivity index (χ2v) is 8.99. The maximum Gasteiger partial charge on any atom is 0.387 e. The number of para-hydroxylation sites is 1. The number of ether oxygens (including phenoxy) is 1. The monoisotopic (exact) mass is 508 g/mol. The van der Waals surface area contributed by atoms with Crippen LogP contribution in [-0.4, -0.2) is 55.9 Å². The number of benzene rings is 2. The summed E-state index contributed by atoms with van der Waals surface area (Å²) in [6, 6.07) is 12.1. The third-order valence-corrected chi connectivity index (χ3v) is 6.62. The van der Waals surface area contributed by atoms with Crippen LogP contribution < -0.4 is 15.6 Å². The van der Waals surface area contributed by atoms with E-state index in [1.807, 2.05) is 12.1 Å². The molecule has 37 heavy (non-hydrogen) atoms. The normalized spacial score (nSPS) is 15.5. The first-order chi connectivity index (χ1) is 17.8. The molecule has 1 atom stereocenters. The molecule has 1 aliphatic rings. The predicted octanol–water partition coefficient (Wildman–Crippen LogP) is 3.48. The minimum atomic E-state index is -2.95. The van der Waals surface area contributed by atoms with Crippen LogP contribution in [-0.2, 0) is 18.4 Å². The zero-order chi connectivity index (χ0) is 26.1. The lowest BCUT2D eigenvalue weighted by atomic mass is 10.1. The van der Waals surface area contributed by atoms with E-state index < -0.39 is 6.61 Å². The number of halogens is 2. The fraction of sp³-hybridized carbons (Fsp3) is 0.308. The van der Waals surface area contributed by atoms with Gasteiger partial charge < -0.3 is 15.0 Å². The Kier molecular flexibility index (Phi) is 6.60. The van der Waals surface area contributed by atoms with E-state index in [1.54, 1.807) is 60.2 Å². The summed E-state index contributed by atoms with van der Waals surface area (Å²) < 4.78 is 33.6. The second kappa shape index (κ2) is 10.00. The minimum Gasteiger partial charge on any atom is -0.434 e. The summed E-state index contributed by atoms with van der Waals surface area (Å²) in [5, 5.41) is 3.78. The molecule has 0 radical (unpaired) electrons. The molecule has 0 aliphatic carbocycles. The lowest BCUT2D eigenvalue weighted by molar-refractivity contribution is -0.127. The van der Waals surface area contributed by atoms with Crippen molar-refractivity contribution in [1.82, 2.24) is 24.2 Å². The SMILES string of the molecule is CC(=O)N1CCC(Nc2ncc(-c3ccc4c(=O)n(C)n(Cc5ccccc5OC(F)F)c4c3)cn2)C1. The van der Waals surface area contributed by atoms with Gasteiger partial charge in [0.15, 0.2) is 0 Å². The van der Waals surface area contributed by atoms with Gasteiger partial charge in [-0.15, -0.1) is 0 Å². The van der Waals surface area contributed by atoms with E-state index in [0.717, 1.165) is 17.5 Å². The molecule has 1 unspecified atom stereocenters. The number of likely N-dealkylation sites (tertiary alicyclic amines) is 1. The molecule has 2 aromatic heterocycles. The number of nitrogens with zero attached hydrogens (tertiary/aromatic N) is 5. The number of rotatable bonds is 7. The van der Waals surface area contributed by atoms with Gasteiger partial charge in [-0.2, -0.15) is 8.78 Å². The summed E-state index contributed by atoms with van der Waals surface area (Å²) >= 11 is 0. The molecular formula is C26H26F2N6O3. The fourth-order valence-corrected chi connectivity index (χ4v) is 4.65. The van der Waals surface area contributed by atoms with Crippen LogP contribution in [0.15, 0.2) is 59.7 Å². The molecule has 9 nitrogen and oxygen atoms in total. The number of hydrogen-bond acceptors (Lipinski definition) is 6. The number of fused-ring (bicyclic) bond motifs is 1. The Labute approximate surface area is 211 Å². The van der Waals surface area contributed by atoms with Crippen molar-refractivity contribution in [3.8, 4) is 16.9 Å². The van der Waals surface area contributed by atoms with Crippen molar-refractivity contribution in [2.45, 2.75) is 32.5 Å². The number of carbonyl (C=O) groups excluding carboxylic acids is 1. The second-order valence-electron chi connectivity index (χ2n) is 8.99. The van der Waals surface area contributed by atoms with E-state index >= 15 is 0 Å². The Balaban J connectivity index is 1.41. The summed E-state index contributed by atoms with van der Waals surface area (Å²) in [5.74, 6) is 0.598. The zero-order valence-electron chi connectivity index (χ0n) is 20.4. The van der Waals surface area contributed by atoms with Gasteiger partial charge in [-0.1, -0.05) is 24.3 Å². The van der Waals surface area contributed by atoms with Crippen LogP contribution in [0.1, 0.15) is 18.9 Å². The average Bonchev–Trinajstić information content (AvgIpc) is 3.44. The molecule has 1 amide bonds. The summed E-state index contributed by atoms with van der Waals surface area (Å²) in [5.41, 5.74) is 2.54. The fourth-order valence-electron chi connectivity index (χ4n) is 4.65. The molecule has 5 rings (SSSR count). The van der Waals surface area contributed by atoms with Gasteiger partial charge in [-0.25, -0.2) is 9.97 Å². The standard InChI is InChI=1S/C26H26F2N6O3/c1-16(35)33-10-9-20(15-33)31-26-29-12-19(13-30-26)17-7-8-21-22(11-17)34(32(2)24(21)36)14-18-5-3-4-6-23(18)37-25(27)28/h3-8,11-13,20,25H,9-10,14-15H2,1-2H3,(H,29,30,31). The third-order valence-electron chi connectivity index (χ3n) is 6.62. The topological polar surface area (TPSA) is 94.3 Å². The van der Waals surface area contributed by atoms with Gasteiger partial charge in [0.05, 0.1) is 17.4 Å². The highest BCUT2D eigenvalue weighted by atomic mass is 19.3. The molecule has 0 spiro atoms. The number of amides is 1. The van der Waals surface area contributed by atoms with Gasteiger partial charge in [0, 0.05) is 56.6 Å². The van der Waals surface area contributed by atoms with Crippen molar-refractivity contribution in [1.29, 1.82) is 0 Å². The molecule has 1 aliphatic heterocycles. The Morgan fingerprint density at radius 1 is 1.16 bits per heavy atom. The first kappa shape index (κ1) is 24.4. The van der Waals surface area contributed by atoms with Gasteiger partial charge >= 0.3 is 6.61 Å². The molecule has 2 aromatic carbocycles. The van der Waals surface area contributed by atoms with E-state index in [4.69, 9.17) is 0 Å². The average molecular weight is 509 g/mol. The molecule has 3 heterocycles. The van der Waals surface area contributed by atoms with Crippen molar-refractivity contribution in [2.24, 2.45) is 7.05 Å². The molecule has 1 saturated heterocycles. The number of anilines is 1. The van der Waals surface area contributed by atoms with E-state index in [-0.39, 0.29) is 29.8 Å². The van der Waals surface area contributed by atoms with Crippen LogP contribution in [0.5, 0.6) is 5.75 Å². The van der Waals surface area contributed by atoms with Crippen molar-refractivity contribution in [3.05, 3.63) is 70.8 Å². The number of carbonyl (C=O) groups is 1. The number of alkyl halides is 2. The molecule has 11 heteroatoms. The smallest absolute Gasteiger partial charge is 0.387 e. The lowest BCUT2D eigenvalue weighted by Gasteiger charge is -2.15. The van der Waals surface area contributed by atoms with Crippen molar-refractivity contribution in [2.75, 3.05) is 18.4 Å². The quantitative estimate of drug-likeness (QED) is 0.411. The van der Waals surface area contributed by atoms with Gasteiger partial charge in [0.2, 0.25) is 11.9 Å². The predicted molar refractivity (Wildman–Crippen MR) is 135 cm³/mol. The first-order valence-electron chi connectivity index (χ1n) is 11.9. The summed E-state index contributed by atoms with van der Waals surface area (Å²) in [6.07, 6.45) is 4.23. The molecule has 192 valence electrons. The van der Waals surface area contributed by atoms with Crippen LogP contribution in [0.3, 0.4) is 0 Å². The summed E-state index contributed by atoms with van der Waals surface area (Å²) in [4.78, 5) is 35.1. The maximum atomic E-state index is 12.9. The Morgan fingerprint density at radius 3 is 2.62 bits per heavy atom. The minimum absolute atomic E-state index is 0.0559. The van der Waals surface area contributed by atoms with E-state index in [2.05, 4.69) is 20.0 Å². The maximum absolute atomic E-state index is 12.9. The molecule has 0 saturated carbocycles. The van der Waals surface area contributed by atoms with Crippen LogP contribution in [0, 0.1) is 0 Å². The number of nitrogens with one attached hydrogen (secondary N) is 1. The van der Waals surface area contributed by atoms with Crippen LogP contribution in [0.25, 0.3) is 22.0 Å². The number of aromatic nitrogens is 4. The Morgan fingerprint density at radius 2 is 1.92 bits per heavy atom. The molecule has 0 bridgehead atoms. The van der Waals surface area contributed by atoms with Crippen molar-refractivity contribution < 1.29 is 18.3 Å². The summed E-state index contributed by atoms with van der Waals surface area (Å²) in [7, 11) is 1.64. The van der Waals surface area contributed by atoms with Crippen molar-refractivity contribution >= 4 is 22.8 Å². The highest BCUT2D eigenvalue weighted by molar-refractivity contribution is 5.84. The number of hydrogen-bond donors (Lipinski definition) is 1. The highest BCUT2D eigenvalue weighted by Gasteiger charge is 2.24. The molecule has 1 N–H and O–H groups in total. The molecular weight excluding hydrogens is 482 g/mol. The van der Waals surface area contributed by atoms with Gasteiger partial charge in [-0.05, 0) is 30.2 Å². The largest absolute Gasteiger partial charge is 0.434 e. The van der Waals surface area contributed by atoms with Gasteiger partial charge in [-0.3, -0.25) is 19.0 Å². The molecule has 1 fully saturated rings. The highest BCUT2D eigenvalue weighted by Crippen LogP contribution is 2.26. The first-order valence-corrected chi connectivity index (χ1v) is 11.9. The van der Waals surface area contributed by atoms with Crippen LogP contribution >= 0.6 is 0 Å². The Hall–Kier alpha value is -4.28. The van der Waals surface area contributed by atoms with E-state index in [1.165, 1.54) is 10.7 Å². The zero-order valence-corrected chi connectivity index (χ0v) is 20.4. The van der Waals surface area contributed by atoms with E-state index in [0.29, 0.717) is 35.5 Å². The van der Waals surface area contributed by atoms with E-state index in [9.17, 15) is 18.4 Å². The van der Waals surface area contributed by atoms with Gasteiger partial charge in [0.1, 0.15) is 5.75 Å².